The van der Waals surface area contributed by atoms with Gasteiger partial charge in [-0.2, -0.15) is 25.3 Å². The minimum atomic E-state index is 0. The van der Waals surface area contributed by atoms with Crippen LogP contribution in [0.25, 0.3) is 0 Å². The van der Waals surface area contributed by atoms with Gasteiger partial charge in [-0.25, -0.2) is 0 Å². The first-order valence-corrected chi connectivity index (χ1v) is 2.85. The van der Waals surface area contributed by atoms with Gasteiger partial charge in [-0.05, 0) is 0 Å². The van der Waals surface area contributed by atoms with Gasteiger partial charge in [-0.1, -0.05) is 11.8 Å². The summed E-state index contributed by atoms with van der Waals surface area (Å²) in [4.78, 5) is 0. The summed E-state index contributed by atoms with van der Waals surface area (Å²) < 4.78 is 0. The Labute approximate surface area is 85.7 Å². The molecule has 0 atom stereocenters. The molecule has 0 heterocycles. The van der Waals surface area contributed by atoms with Gasteiger partial charge in [0.1, 0.15) is 0 Å². The standard InChI is InChI=1S/C4H6S2.2Li/c5-3-1-2-4-6;;/h5-6H,3-4H2;;. The van der Waals surface area contributed by atoms with Crippen LogP contribution in [-0.4, -0.2) is 49.2 Å². The SMILES string of the molecule is SCC#CCS.[Li].[Li]. The van der Waals surface area contributed by atoms with Crippen molar-refractivity contribution in [3.8, 4) is 11.8 Å². The Balaban J connectivity index is -0.000000125. The van der Waals surface area contributed by atoms with E-state index in [0.29, 0.717) is 11.5 Å². The van der Waals surface area contributed by atoms with Crippen molar-refractivity contribution in [2.45, 2.75) is 0 Å². The fourth-order valence-corrected chi connectivity index (χ4v) is 0.335. The summed E-state index contributed by atoms with van der Waals surface area (Å²) in [5.74, 6) is 6.75. The molecule has 0 aliphatic heterocycles. The molecule has 0 saturated heterocycles. The van der Waals surface area contributed by atoms with Crippen LogP contribution in [0.5, 0.6) is 0 Å². The van der Waals surface area contributed by atoms with Crippen LogP contribution < -0.4 is 0 Å². The fourth-order valence-electron chi connectivity index (χ4n) is 0.112. The maximum Gasteiger partial charge on any atom is 0.0517 e. The molecular formula is C4H6Li2S2. The van der Waals surface area contributed by atoms with Crippen LogP contribution in [0.15, 0.2) is 0 Å². The average Bonchev–Trinajstić information content (AvgIpc) is 1.61. The van der Waals surface area contributed by atoms with Gasteiger partial charge >= 0.3 is 0 Å². The maximum absolute atomic E-state index is 3.85. The van der Waals surface area contributed by atoms with Crippen molar-refractivity contribution in [3.63, 3.8) is 0 Å². The minimum Gasteiger partial charge on any atom is -0.166 e. The van der Waals surface area contributed by atoms with Gasteiger partial charge in [-0.15, -0.1) is 0 Å². The molecule has 0 aromatic heterocycles. The Morgan fingerprint density at radius 2 is 1.12 bits per heavy atom. The van der Waals surface area contributed by atoms with E-state index in [-0.39, 0.29) is 37.7 Å². The van der Waals surface area contributed by atoms with Gasteiger partial charge in [0.2, 0.25) is 0 Å². The first kappa shape index (κ1) is 16.2. The number of rotatable bonds is 0. The first-order valence-electron chi connectivity index (χ1n) is 1.59. The molecule has 8 heavy (non-hydrogen) atoms. The zero-order valence-corrected chi connectivity index (χ0v) is 7.10. The summed E-state index contributed by atoms with van der Waals surface area (Å²) in [6.07, 6.45) is 0. The van der Waals surface area contributed by atoms with Gasteiger partial charge in [0.25, 0.3) is 0 Å². The van der Waals surface area contributed by atoms with Crippen molar-refractivity contribution in [1.82, 2.24) is 0 Å². The monoisotopic (exact) mass is 132 g/mol. The number of hydrogen-bond acceptors (Lipinski definition) is 2. The van der Waals surface area contributed by atoms with E-state index in [1.807, 2.05) is 0 Å². The van der Waals surface area contributed by atoms with E-state index in [4.69, 9.17) is 0 Å². The van der Waals surface area contributed by atoms with Gasteiger partial charge in [0.05, 0.1) is 11.5 Å². The van der Waals surface area contributed by atoms with E-state index in [1.165, 1.54) is 0 Å². The molecule has 0 spiro atoms. The number of thiol groups is 2. The zero-order valence-electron chi connectivity index (χ0n) is 5.31. The molecule has 0 bridgehead atoms. The largest absolute Gasteiger partial charge is 0.166 e. The molecule has 4 heteroatoms. The summed E-state index contributed by atoms with van der Waals surface area (Å²) in [6, 6.07) is 0. The van der Waals surface area contributed by atoms with Gasteiger partial charge in [-0.3, -0.25) is 0 Å². The predicted molar refractivity (Wildman–Crippen MR) is 47.0 cm³/mol. The fraction of sp³-hybridized carbons (Fsp3) is 0.500. The molecular weight excluding hydrogens is 126 g/mol. The third-order valence-electron chi connectivity index (χ3n) is 0.283. The van der Waals surface area contributed by atoms with E-state index < -0.39 is 0 Å². The van der Waals surface area contributed by atoms with Crippen molar-refractivity contribution in [2.75, 3.05) is 11.5 Å². The van der Waals surface area contributed by atoms with Crippen LogP contribution in [0.4, 0.5) is 0 Å². The molecule has 0 aliphatic rings. The molecule has 0 aliphatic carbocycles. The van der Waals surface area contributed by atoms with Crippen molar-refractivity contribution in [2.24, 2.45) is 0 Å². The smallest absolute Gasteiger partial charge is 0.0517 e. The molecule has 0 N–H and O–H groups in total. The van der Waals surface area contributed by atoms with Crippen LogP contribution in [0.1, 0.15) is 0 Å². The Kier molecular flexibility index (Phi) is 32.0. The quantitative estimate of drug-likeness (QED) is 0.260. The second-order valence-electron chi connectivity index (χ2n) is 0.670. The van der Waals surface area contributed by atoms with E-state index in [1.54, 1.807) is 0 Å². The Morgan fingerprint density at radius 3 is 1.25 bits per heavy atom. The average molecular weight is 132 g/mol. The molecule has 0 nitrogen and oxygen atoms in total. The van der Waals surface area contributed by atoms with Crippen LogP contribution in [0.2, 0.25) is 0 Å². The van der Waals surface area contributed by atoms with Gasteiger partial charge in [0.15, 0.2) is 0 Å². The van der Waals surface area contributed by atoms with E-state index >= 15 is 0 Å². The van der Waals surface area contributed by atoms with Crippen LogP contribution in [-0.2, 0) is 0 Å². The second-order valence-corrected chi connectivity index (χ2v) is 1.30. The summed E-state index contributed by atoms with van der Waals surface area (Å²) in [5, 5.41) is 0. The Morgan fingerprint density at radius 1 is 0.875 bits per heavy atom. The van der Waals surface area contributed by atoms with Crippen molar-refractivity contribution >= 4 is 63.0 Å². The molecule has 36 valence electrons. The second kappa shape index (κ2) is 15.8. The molecule has 0 rings (SSSR count). The van der Waals surface area contributed by atoms with Gasteiger partial charge < -0.3 is 0 Å². The van der Waals surface area contributed by atoms with Crippen LogP contribution in [0.3, 0.4) is 0 Å². The predicted octanol–water partition coefficient (Wildman–Crippen LogP) is 0.0878. The van der Waals surface area contributed by atoms with E-state index in [0.717, 1.165) is 0 Å². The molecule has 0 aromatic rings. The van der Waals surface area contributed by atoms with Gasteiger partial charge in [0, 0.05) is 37.7 Å². The summed E-state index contributed by atoms with van der Waals surface area (Å²) in [6.45, 7) is 0. The van der Waals surface area contributed by atoms with Crippen molar-refractivity contribution in [3.05, 3.63) is 0 Å². The van der Waals surface area contributed by atoms with E-state index in [2.05, 4.69) is 37.1 Å². The molecule has 0 saturated carbocycles. The number of hydrogen-bond donors (Lipinski definition) is 2. The van der Waals surface area contributed by atoms with Crippen LogP contribution in [0, 0.1) is 11.8 Å². The first-order chi connectivity index (χ1) is 2.91. The summed E-state index contributed by atoms with van der Waals surface area (Å²) in [5.41, 5.74) is 0. The third-order valence-corrected chi connectivity index (χ3v) is 0.599. The molecule has 0 amide bonds. The topological polar surface area (TPSA) is 0 Å². The third kappa shape index (κ3) is 15.7. The molecule has 0 fully saturated rings. The molecule has 0 aromatic carbocycles. The normalized spacial score (nSPS) is 4.75. The maximum atomic E-state index is 3.85. The molecule has 2 radical (unpaired) electrons. The van der Waals surface area contributed by atoms with E-state index in [9.17, 15) is 0 Å². The Hall–Kier alpha value is 1.45. The zero-order chi connectivity index (χ0) is 4.83. The van der Waals surface area contributed by atoms with Crippen LogP contribution >= 0.6 is 25.3 Å². The summed E-state index contributed by atoms with van der Waals surface area (Å²) >= 11 is 7.69. The Bertz CT molecular complexity index is 65.8. The minimum absolute atomic E-state index is 0. The van der Waals surface area contributed by atoms with Crippen molar-refractivity contribution < 1.29 is 0 Å². The van der Waals surface area contributed by atoms with Crippen molar-refractivity contribution in [1.29, 1.82) is 0 Å². The summed E-state index contributed by atoms with van der Waals surface area (Å²) in [7, 11) is 0. The molecule has 0 unspecified atom stereocenters.